The molecule has 0 bridgehead atoms. The van der Waals surface area contributed by atoms with Crippen LogP contribution in [-0.2, 0) is 9.59 Å². The molecule has 0 saturated carbocycles. The van der Waals surface area contributed by atoms with Crippen molar-refractivity contribution < 1.29 is 30.0 Å². The van der Waals surface area contributed by atoms with Crippen molar-refractivity contribution in [3.05, 3.63) is 0 Å². The molecular weight excluding hydrogens is 158 g/mol. The molecule has 1 fully saturated rings. The van der Waals surface area contributed by atoms with Gasteiger partial charge in [0.25, 0.3) is 11.8 Å². The van der Waals surface area contributed by atoms with Crippen LogP contribution in [0.2, 0.25) is 0 Å². The molecule has 2 amide bonds. The third-order valence-electron chi connectivity index (χ3n) is 1.35. The van der Waals surface area contributed by atoms with Crippen LogP contribution in [0.25, 0.3) is 0 Å². The van der Waals surface area contributed by atoms with E-state index in [1.807, 2.05) is 0 Å². The fourth-order valence-electron chi connectivity index (χ4n) is 0.594. The fraction of sp³-hybridized carbons (Fsp3) is 0.500. The summed E-state index contributed by atoms with van der Waals surface area (Å²) in [7, 11) is 0. The van der Waals surface area contributed by atoms with E-state index in [0.717, 1.165) is 0 Å². The Labute approximate surface area is 59.9 Å². The standard InChI is InChI=1S/C4H5NO6/c6-1-3(8,9)4(10,11)2(7)5-1/h8-11H,(H,5,6,7). The first-order chi connectivity index (χ1) is 4.80. The minimum Gasteiger partial charge on any atom is -0.354 e. The Morgan fingerprint density at radius 3 is 1.27 bits per heavy atom. The van der Waals surface area contributed by atoms with Gasteiger partial charge in [-0.3, -0.25) is 14.9 Å². The zero-order valence-corrected chi connectivity index (χ0v) is 5.11. The van der Waals surface area contributed by atoms with Gasteiger partial charge in [0.15, 0.2) is 0 Å². The number of aliphatic hydroxyl groups is 4. The normalized spacial score (nSPS) is 26.9. The van der Waals surface area contributed by atoms with E-state index in [1.54, 1.807) is 0 Å². The quantitative estimate of drug-likeness (QED) is 0.183. The lowest BCUT2D eigenvalue weighted by Gasteiger charge is -2.21. The van der Waals surface area contributed by atoms with Gasteiger partial charge in [-0.2, -0.15) is 0 Å². The van der Waals surface area contributed by atoms with E-state index in [4.69, 9.17) is 20.4 Å². The summed E-state index contributed by atoms with van der Waals surface area (Å²) in [6.45, 7) is 0. The largest absolute Gasteiger partial charge is 0.354 e. The maximum atomic E-state index is 10.4. The first-order valence-electron chi connectivity index (χ1n) is 2.55. The maximum absolute atomic E-state index is 10.4. The lowest BCUT2D eigenvalue weighted by Crippen LogP contribution is -2.56. The maximum Gasteiger partial charge on any atom is 0.310 e. The SMILES string of the molecule is O=C1NC(=O)C(O)(O)C1(O)O. The second-order valence-corrected chi connectivity index (χ2v) is 2.13. The number of nitrogens with one attached hydrogen (secondary N) is 1. The first kappa shape index (κ1) is 8.08. The number of imide groups is 1. The van der Waals surface area contributed by atoms with E-state index >= 15 is 0 Å². The van der Waals surface area contributed by atoms with Crippen molar-refractivity contribution in [2.24, 2.45) is 0 Å². The number of amides is 2. The Bertz CT molecular complexity index is 207. The molecule has 0 atom stereocenters. The number of hydrogen-bond acceptors (Lipinski definition) is 6. The summed E-state index contributed by atoms with van der Waals surface area (Å²) in [6, 6.07) is 0. The number of hydrogen-bond donors (Lipinski definition) is 5. The molecule has 1 heterocycles. The summed E-state index contributed by atoms with van der Waals surface area (Å²) in [6.07, 6.45) is 0. The smallest absolute Gasteiger partial charge is 0.310 e. The summed E-state index contributed by atoms with van der Waals surface area (Å²) in [5, 5.41) is 35.7. The van der Waals surface area contributed by atoms with Crippen molar-refractivity contribution in [2.45, 2.75) is 11.6 Å². The number of carbonyl (C=O) groups excluding carboxylic acids is 2. The summed E-state index contributed by atoms with van der Waals surface area (Å²) in [4.78, 5) is 20.7. The van der Waals surface area contributed by atoms with Crippen LogP contribution in [0.3, 0.4) is 0 Å². The Balaban J connectivity index is 3.15. The van der Waals surface area contributed by atoms with E-state index in [2.05, 4.69) is 0 Å². The summed E-state index contributed by atoms with van der Waals surface area (Å²) >= 11 is 0. The molecule has 5 N–H and O–H groups in total. The van der Waals surface area contributed by atoms with Gasteiger partial charge in [-0.05, 0) is 0 Å². The van der Waals surface area contributed by atoms with E-state index in [9.17, 15) is 9.59 Å². The minimum atomic E-state index is -3.47. The zero-order valence-electron chi connectivity index (χ0n) is 5.11. The summed E-state index contributed by atoms with van der Waals surface area (Å²) in [5.41, 5.74) is 0. The molecule has 0 spiro atoms. The molecule has 1 rings (SSSR count). The highest BCUT2D eigenvalue weighted by molar-refractivity contribution is 6.10. The lowest BCUT2D eigenvalue weighted by molar-refractivity contribution is -0.307. The minimum absolute atomic E-state index is 1.32. The average molecular weight is 163 g/mol. The topological polar surface area (TPSA) is 127 Å². The van der Waals surface area contributed by atoms with Gasteiger partial charge in [-0.1, -0.05) is 0 Å². The van der Waals surface area contributed by atoms with Crippen molar-refractivity contribution in [1.82, 2.24) is 5.32 Å². The van der Waals surface area contributed by atoms with Crippen LogP contribution in [0.4, 0.5) is 0 Å². The molecule has 0 aromatic carbocycles. The van der Waals surface area contributed by atoms with Crippen LogP contribution in [0.15, 0.2) is 0 Å². The van der Waals surface area contributed by atoms with Crippen molar-refractivity contribution in [3.63, 3.8) is 0 Å². The number of rotatable bonds is 0. The van der Waals surface area contributed by atoms with Crippen LogP contribution >= 0.6 is 0 Å². The third kappa shape index (κ3) is 0.761. The van der Waals surface area contributed by atoms with E-state index in [0.29, 0.717) is 0 Å². The van der Waals surface area contributed by atoms with Gasteiger partial charge in [0, 0.05) is 0 Å². The zero-order chi connectivity index (χ0) is 8.86. The second-order valence-electron chi connectivity index (χ2n) is 2.13. The van der Waals surface area contributed by atoms with E-state index in [1.165, 1.54) is 5.32 Å². The second kappa shape index (κ2) is 1.77. The highest BCUT2D eigenvalue weighted by atomic mass is 16.6. The monoisotopic (exact) mass is 163 g/mol. The van der Waals surface area contributed by atoms with Gasteiger partial charge in [0.05, 0.1) is 0 Å². The van der Waals surface area contributed by atoms with Crippen LogP contribution in [-0.4, -0.2) is 43.8 Å². The Kier molecular flexibility index (Phi) is 1.30. The molecule has 1 aliphatic heterocycles. The van der Waals surface area contributed by atoms with Crippen LogP contribution < -0.4 is 5.32 Å². The van der Waals surface area contributed by atoms with Gasteiger partial charge in [-0.15, -0.1) is 0 Å². The third-order valence-corrected chi connectivity index (χ3v) is 1.35. The molecule has 0 aromatic heterocycles. The molecular formula is C4H5NO6. The van der Waals surface area contributed by atoms with Gasteiger partial charge >= 0.3 is 11.6 Å². The Morgan fingerprint density at radius 1 is 0.909 bits per heavy atom. The molecule has 62 valence electrons. The molecule has 0 unspecified atom stereocenters. The highest BCUT2D eigenvalue weighted by Crippen LogP contribution is 2.22. The molecule has 0 aromatic rings. The van der Waals surface area contributed by atoms with E-state index < -0.39 is 23.4 Å². The van der Waals surface area contributed by atoms with E-state index in [-0.39, 0.29) is 0 Å². The Morgan fingerprint density at radius 2 is 1.18 bits per heavy atom. The van der Waals surface area contributed by atoms with Crippen LogP contribution in [0.1, 0.15) is 0 Å². The molecule has 7 nitrogen and oxygen atoms in total. The van der Waals surface area contributed by atoms with Gasteiger partial charge in [0.1, 0.15) is 0 Å². The van der Waals surface area contributed by atoms with Crippen molar-refractivity contribution in [2.75, 3.05) is 0 Å². The number of carbonyl (C=O) groups is 2. The first-order valence-corrected chi connectivity index (χ1v) is 2.55. The summed E-state index contributed by atoms with van der Waals surface area (Å²) in [5.74, 6) is -10.1. The molecule has 1 saturated heterocycles. The van der Waals surface area contributed by atoms with Gasteiger partial charge in [0.2, 0.25) is 0 Å². The van der Waals surface area contributed by atoms with Crippen molar-refractivity contribution in [3.8, 4) is 0 Å². The van der Waals surface area contributed by atoms with Gasteiger partial charge < -0.3 is 20.4 Å². The molecule has 0 radical (unpaired) electrons. The van der Waals surface area contributed by atoms with Crippen molar-refractivity contribution in [1.29, 1.82) is 0 Å². The summed E-state index contributed by atoms with van der Waals surface area (Å²) < 4.78 is 0. The van der Waals surface area contributed by atoms with Crippen molar-refractivity contribution >= 4 is 11.8 Å². The molecule has 11 heavy (non-hydrogen) atoms. The molecule has 1 aliphatic rings. The fourth-order valence-corrected chi connectivity index (χ4v) is 0.594. The Hall–Kier alpha value is -1.02. The highest BCUT2D eigenvalue weighted by Gasteiger charge is 2.65. The van der Waals surface area contributed by atoms with Crippen LogP contribution in [0.5, 0.6) is 0 Å². The average Bonchev–Trinajstić information content (AvgIpc) is 1.95. The van der Waals surface area contributed by atoms with Gasteiger partial charge in [-0.25, -0.2) is 0 Å². The van der Waals surface area contributed by atoms with Crippen LogP contribution in [0, 0.1) is 0 Å². The molecule has 7 heteroatoms. The molecule has 0 aliphatic carbocycles. The predicted molar refractivity (Wildman–Crippen MR) is 27.5 cm³/mol. The predicted octanol–water partition coefficient (Wildman–Crippen LogP) is -4.00. The lowest BCUT2D eigenvalue weighted by atomic mass is 10.1.